The van der Waals surface area contributed by atoms with Gasteiger partial charge >= 0.3 is 0 Å². The highest BCUT2D eigenvalue weighted by molar-refractivity contribution is 7.25. The van der Waals surface area contributed by atoms with Gasteiger partial charge in [0.15, 0.2) is 23.1 Å². The number of hydrogen-bond donors (Lipinski definition) is 0. The van der Waals surface area contributed by atoms with E-state index in [9.17, 15) is 0 Å². The van der Waals surface area contributed by atoms with Gasteiger partial charge in [0.2, 0.25) is 0 Å². The highest BCUT2D eigenvalue weighted by Gasteiger charge is 2.22. The predicted molar refractivity (Wildman–Crippen MR) is 236 cm³/mol. The van der Waals surface area contributed by atoms with Crippen LogP contribution >= 0.6 is 11.3 Å². The summed E-state index contributed by atoms with van der Waals surface area (Å²) >= 11 is 1.81. The van der Waals surface area contributed by atoms with Crippen molar-refractivity contribution in [1.29, 1.82) is 0 Å². The Kier molecular flexibility index (Phi) is 7.16. The third-order valence-corrected chi connectivity index (χ3v) is 12.5. The van der Waals surface area contributed by atoms with Gasteiger partial charge in [0, 0.05) is 58.7 Å². The Hall–Kier alpha value is -7.15. The lowest BCUT2D eigenvalue weighted by atomic mass is 10.00. The van der Waals surface area contributed by atoms with E-state index >= 15 is 0 Å². The molecule has 7 aromatic carbocycles. The minimum Gasteiger partial charge on any atom is -0.454 e. The summed E-state index contributed by atoms with van der Waals surface area (Å²) in [6.45, 7) is 0. The van der Waals surface area contributed by atoms with Gasteiger partial charge in [-0.05, 0) is 90.2 Å². The molecule has 0 amide bonds. The van der Waals surface area contributed by atoms with Crippen LogP contribution in [0, 0.1) is 0 Å². The average molecular weight is 749 g/mol. The molecule has 0 bridgehead atoms. The zero-order chi connectivity index (χ0) is 37.5. The molecule has 0 spiro atoms. The second-order valence-corrected chi connectivity index (χ2v) is 15.8. The topological polar surface area (TPSA) is 56.7 Å². The van der Waals surface area contributed by atoms with Gasteiger partial charge < -0.3 is 8.98 Å². The maximum absolute atomic E-state index is 6.72. The number of aromatic nitrogens is 4. The molecule has 1 aliphatic rings. The number of rotatable bonds is 5. The second kappa shape index (κ2) is 12.7. The number of furan rings is 1. The quantitative estimate of drug-likeness (QED) is 0.176. The zero-order valence-electron chi connectivity index (χ0n) is 30.7. The normalized spacial score (nSPS) is 12.7. The fourth-order valence-corrected chi connectivity index (χ4v) is 9.69. The van der Waals surface area contributed by atoms with Gasteiger partial charge in [-0.2, -0.15) is 0 Å². The van der Waals surface area contributed by atoms with Gasteiger partial charge in [-0.3, -0.25) is 0 Å². The number of benzene rings is 7. The summed E-state index contributed by atoms with van der Waals surface area (Å²) in [6.07, 6.45) is 6.68. The smallest absolute Gasteiger partial charge is 0.164 e. The Morgan fingerprint density at radius 3 is 1.82 bits per heavy atom. The molecule has 0 unspecified atom stereocenters. The molecule has 4 aromatic heterocycles. The number of fused-ring (bicyclic) bond motifs is 9. The first kappa shape index (κ1) is 32.1. The fourth-order valence-electron chi connectivity index (χ4n) is 8.62. The summed E-state index contributed by atoms with van der Waals surface area (Å²) in [4.78, 5) is 14.9. The van der Waals surface area contributed by atoms with E-state index < -0.39 is 0 Å². The van der Waals surface area contributed by atoms with Crippen molar-refractivity contribution in [2.45, 2.75) is 12.8 Å². The van der Waals surface area contributed by atoms with Crippen LogP contribution in [0.1, 0.15) is 17.7 Å². The minimum absolute atomic E-state index is 0.654. The largest absolute Gasteiger partial charge is 0.454 e. The van der Waals surface area contributed by atoms with Crippen LogP contribution in [0.25, 0.3) is 110 Å². The first-order valence-electron chi connectivity index (χ1n) is 19.3. The fraction of sp³-hybridized carbons (Fsp3) is 0.0392. The molecule has 0 saturated heterocycles. The van der Waals surface area contributed by atoms with Crippen molar-refractivity contribution in [2.24, 2.45) is 0 Å². The van der Waals surface area contributed by atoms with E-state index in [4.69, 9.17) is 19.4 Å². The summed E-state index contributed by atoms with van der Waals surface area (Å²) in [5, 5.41) is 5.95. The van der Waals surface area contributed by atoms with E-state index in [-0.39, 0.29) is 0 Å². The molecule has 11 aromatic rings. The monoisotopic (exact) mass is 748 g/mol. The third kappa shape index (κ3) is 5.18. The molecule has 0 saturated carbocycles. The lowest BCUT2D eigenvalue weighted by Gasteiger charge is -2.12. The number of thiophene rings is 1. The maximum Gasteiger partial charge on any atom is 0.164 e. The van der Waals surface area contributed by atoms with Gasteiger partial charge in [0.05, 0.1) is 11.2 Å². The summed E-state index contributed by atoms with van der Waals surface area (Å²) in [5.41, 5.74) is 11.9. The second-order valence-electron chi connectivity index (χ2n) is 14.7. The van der Waals surface area contributed by atoms with Crippen LogP contribution < -0.4 is 0 Å². The van der Waals surface area contributed by atoms with Crippen molar-refractivity contribution in [3.05, 3.63) is 175 Å². The van der Waals surface area contributed by atoms with E-state index in [0.717, 1.165) is 68.3 Å². The highest BCUT2D eigenvalue weighted by Crippen LogP contribution is 2.42. The molecule has 4 heterocycles. The molecule has 0 N–H and O–H groups in total. The Balaban J connectivity index is 0.975. The Bertz CT molecular complexity index is 3350. The number of allylic oxidation sites excluding steroid dienone is 1. The molecule has 0 atom stereocenters. The number of aryl methyl sites for hydroxylation is 1. The molecule has 268 valence electrons. The lowest BCUT2D eigenvalue weighted by Crippen LogP contribution is -2.00. The Morgan fingerprint density at radius 1 is 0.491 bits per heavy atom. The van der Waals surface area contributed by atoms with E-state index in [1.165, 1.54) is 42.3 Å². The van der Waals surface area contributed by atoms with Crippen molar-refractivity contribution < 1.29 is 4.42 Å². The van der Waals surface area contributed by atoms with E-state index in [0.29, 0.717) is 17.5 Å². The molecular weight excluding hydrogens is 717 g/mol. The molecule has 0 radical (unpaired) electrons. The highest BCUT2D eigenvalue weighted by atomic mass is 32.1. The van der Waals surface area contributed by atoms with Crippen LogP contribution in [0.15, 0.2) is 168 Å². The summed E-state index contributed by atoms with van der Waals surface area (Å²) < 4.78 is 11.6. The standard InChI is InChI=1S/C51H32N4OS/c1-3-12-31(13-4-1)49-52-50(32-14-5-2-6-15-32)54-51(53-49)35-24-27-47-41(30-35)40-29-34(23-26-46(40)57-47)33-22-25-45-39(28-33)38-18-11-21-44(48(38)56-45)55-42-19-9-7-16-36(42)37-17-8-10-20-43(37)55/h1-7,9-16,18-30H,8,17H2. The van der Waals surface area contributed by atoms with Crippen LogP contribution in [0.5, 0.6) is 0 Å². The first-order chi connectivity index (χ1) is 28.2. The van der Waals surface area contributed by atoms with Crippen molar-refractivity contribution >= 4 is 70.4 Å². The molecule has 0 fully saturated rings. The van der Waals surface area contributed by atoms with Crippen molar-refractivity contribution in [1.82, 2.24) is 19.5 Å². The van der Waals surface area contributed by atoms with Crippen molar-refractivity contribution in [3.8, 4) is 51.0 Å². The lowest BCUT2D eigenvalue weighted by molar-refractivity contribution is 0.665. The molecule has 5 nitrogen and oxygen atoms in total. The number of nitrogens with zero attached hydrogens (tertiary/aromatic N) is 4. The molecule has 57 heavy (non-hydrogen) atoms. The van der Waals surface area contributed by atoms with Crippen molar-refractivity contribution in [2.75, 3.05) is 0 Å². The number of hydrogen-bond acceptors (Lipinski definition) is 5. The first-order valence-corrected chi connectivity index (χ1v) is 20.1. The predicted octanol–water partition coefficient (Wildman–Crippen LogP) is 13.7. The van der Waals surface area contributed by atoms with Crippen LogP contribution in [0.4, 0.5) is 0 Å². The van der Waals surface area contributed by atoms with Crippen LogP contribution in [-0.4, -0.2) is 19.5 Å². The molecular formula is C51H32N4OS. The van der Waals surface area contributed by atoms with Gasteiger partial charge in [0.1, 0.15) is 5.58 Å². The summed E-state index contributed by atoms with van der Waals surface area (Å²) in [7, 11) is 0. The Morgan fingerprint density at radius 2 is 1.09 bits per heavy atom. The van der Waals surface area contributed by atoms with Crippen LogP contribution in [0.3, 0.4) is 0 Å². The average Bonchev–Trinajstić information content (AvgIpc) is 3.96. The molecule has 6 heteroatoms. The van der Waals surface area contributed by atoms with Gasteiger partial charge in [-0.15, -0.1) is 11.3 Å². The molecule has 1 aliphatic carbocycles. The van der Waals surface area contributed by atoms with E-state index in [2.05, 4.69) is 114 Å². The SMILES string of the molecule is C1=Cc2c(c3ccccc3n2-c2cccc3c2oc2ccc(-c4ccc5sc6ccc(-c7nc(-c8ccccc8)nc(-c8ccccc8)n7)cc6c5c4)cc23)CC1. The summed E-state index contributed by atoms with van der Waals surface area (Å²) in [5.74, 6) is 1.97. The molecule has 0 aliphatic heterocycles. The van der Waals surface area contributed by atoms with E-state index in [1.807, 2.05) is 72.0 Å². The van der Waals surface area contributed by atoms with Crippen LogP contribution in [0.2, 0.25) is 0 Å². The third-order valence-electron chi connectivity index (χ3n) is 11.3. The van der Waals surface area contributed by atoms with Crippen LogP contribution in [-0.2, 0) is 6.42 Å². The van der Waals surface area contributed by atoms with E-state index in [1.54, 1.807) is 0 Å². The van der Waals surface area contributed by atoms with Gasteiger partial charge in [0.25, 0.3) is 0 Å². The Labute approximate surface area is 331 Å². The van der Waals surface area contributed by atoms with Crippen molar-refractivity contribution in [3.63, 3.8) is 0 Å². The van der Waals surface area contributed by atoms with Gasteiger partial charge in [-0.25, -0.2) is 15.0 Å². The maximum atomic E-state index is 6.72. The number of para-hydroxylation sites is 2. The molecule has 12 rings (SSSR count). The summed E-state index contributed by atoms with van der Waals surface area (Å²) in [6, 6.07) is 55.5. The zero-order valence-corrected chi connectivity index (χ0v) is 31.5. The van der Waals surface area contributed by atoms with Gasteiger partial charge in [-0.1, -0.05) is 109 Å². The minimum atomic E-state index is 0.654.